The van der Waals surface area contributed by atoms with Crippen LogP contribution in [0.5, 0.6) is 0 Å². The predicted molar refractivity (Wildman–Crippen MR) is 74.3 cm³/mol. The van der Waals surface area contributed by atoms with Gasteiger partial charge in [-0.05, 0) is 28.1 Å². The Morgan fingerprint density at radius 1 is 1.24 bits per heavy atom. The van der Waals surface area contributed by atoms with Crippen molar-refractivity contribution in [2.75, 3.05) is 0 Å². The molecule has 2 aromatic rings. The van der Waals surface area contributed by atoms with E-state index in [4.69, 9.17) is 0 Å². The van der Waals surface area contributed by atoms with Crippen molar-refractivity contribution in [3.63, 3.8) is 0 Å². The molecule has 0 amide bonds. The fourth-order valence-corrected chi connectivity index (χ4v) is 2.87. The zero-order valence-corrected chi connectivity index (χ0v) is 12.8. The van der Waals surface area contributed by atoms with E-state index in [2.05, 4.69) is 50.9 Å². The molecular formula is C11H15BrN4Si. The Kier molecular flexibility index (Phi) is 3.44. The van der Waals surface area contributed by atoms with E-state index in [9.17, 15) is 0 Å². The van der Waals surface area contributed by atoms with Crippen molar-refractivity contribution in [1.29, 1.82) is 0 Å². The molecule has 0 atom stereocenters. The summed E-state index contributed by atoms with van der Waals surface area (Å²) in [6.45, 7) is 6.94. The summed E-state index contributed by atoms with van der Waals surface area (Å²) in [7, 11) is -1.16. The molecule has 6 heteroatoms. The standard InChI is InChI=1S/C11H15BrN4Si/c1-17(2,3)8-16-7-11(14-15-16)10-5-4-9(12)6-13-10/h4-7H,8H2,1-3H3. The van der Waals surface area contributed by atoms with Gasteiger partial charge in [-0.3, -0.25) is 9.67 Å². The average molecular weight is 311 g/mol. The van der Waals surface area contributed by atoms with E-state index in [1.165, 1.54) is 0 Å². The fraction of sp³-hybridized carbons (Fsp3) is 0.364. The normalized spacial score (nSPS) is 11.8. The van der Waals surface area contributed by atoms with Gasteiger partial charge in [0, 0.05) is 16.8 Å². The molecule has 2 heterocycles. The molecule has 0 aliphatic carbocycles. The molecule has 4 nitrogen and oxygen atoms in total. The first kappa shape index (κ1) is 12.4. The minimum absolute atomic E-state index is 0.829. The topological polar surface area (TPSA) is 43.6 Å². The van der Waals surface area contributed by atoms with E-state index in [0.717, 1.165) is 22.0 Å². The van der Waals surface area contributed by atoms with Crippen LogP contribution < -0.4 is 0 Å². The van der Waals surface area contributed by atoms with Crippen LogP contribution in [0, 0.1) is 0 Å². The first-order chi connectivity index (χ1) is 7.94. The fourth-order valence-electron chi connectivity index (χ4n) is 1.51. The summed E-state index contributed by atoms with van der Waals surface area (Å²) >= 11 is 3.36. The van der Waals surface area contributed by atoms with Gasteiger partial charge in [0.2, 0.25) is 0 Å². The van der Waals surface area contributed by atoms with Gasteiger partial charge in [-0.2, -0.15) is 0 Å². The third-order valence-corrected chi connectivity index (χ3v) is 3.91. The summed E-state index contributed by atoms with van der Waals surface area (Å²) < 4.78 is 2.89. The minimum atomic E-state index is -1.16. The quantitative estimate of drug-likeness (QED) is 0.819. The van der Waals surface area contributed by atoms with Gasteiger partial charge in [0.25, 0.3) is 0 Å². The molecular weight excluding hydrogens is 296 g/mol. The molecule has 0 aliphatic rings. The van der Waals surface area contributed by atoms with Crippen molar-refractivity contribution in [2.45, 2.75) is 25.8 Å². The molecule has 0 unspecified atom stereocenters. The molecule has 0 saturated carbocycles. The Morgan fingerprint density at radius 2 is 2.00 bits per heavy atom. The Balaban J connectivity index is 2.21. The van der Waals surface area contributed by atoms with Gasteiger partial charge in [0.1, 0.15) is 5.69 Å². The van der Waals surface area contributed by atoms with E-state index in [1.54, 1.807) is 6.20 Å². The molecule has 90 valence electrons. The molecule has 0 N–H and O–H groups in total. The molecule has 0 bridgehead atoms. The number of aromatic nitrogens is 4. The van der Waals surface area contributed by atoms with Crippen LogP contribution in [0.1, 0.15) is 0 Å². The van der Waals surface area contributed by atoms with Gasteiger partial charge in [0.15, 0.2) is 0 Å². The van der Waals surface area contributed by atoms with Gasteiger partial charge >= 0.3 is 0 Å². The number of hydrogen-bond donors (Lipinski definition) is 0. The lowest BCUT2D eigenvalue weighted by molar-refractivity contribution is 0.681. The Bertz CT molecular complexity index is 501. The molecule has 17 heavy (non-hydrogen) atoms. The SMILES string of the molecule is C[Si](C)(C)Cn1cc(-c2ccc(Br)cn2)nn1. The minimum Gasteiger partial charge on any atom is -0.255 e. The lowest BCUT2D eigenvalue weighted by Crippen LogP contribution is -2.28. The molecule has 0 aliphatic heterocycles. The first-order valence-electron chi connectivity index (χ1n) is 5.46. The van der Waals surface area contributed by atoms with E-state index < -0.39 is 8.07 Å². The summed E-state index contributed by atoms with van der Waals surface area (Å²) in [4.78, 5) is 4.31. The van der Waals surface area contributed by atoms with Crippen LogP contribution in [0.4, 0.5) is 0 Å². The Hall–Kier alpha value is -1.01. The van der Waals surface area contributed by atoms with Crippen molar-refractivity contribution >= 4 is 24.0 Å². The van der Waals surface area contributed by atoms with E-state index in [1.807, 2.05) is 23.0 Å². The molecule has 0 saturated heterocycles. The van der Waals surface area contributed by atoms with Crippen molar-refractivity contribution in [3.05, 3.63) is 29.0 Å². The van der Waals surface area contributed by atoms with Gasteiger partial charge in [-0.15, -0.1) is 5.10 Å². The van der Waals surface area contributed by atoms with Gasteiger partial charge in [-0.1, -0.05) is 24.9 Å². The summed E-state index contributed by atoms with van der Waals surface area (Å²) in [5.74, 6) is 0. The number of hydrogen-bond acceptors (Lipinski definition) is 3. The third kappa shape index (κ3) is 3.47. The monoisotopic (exact) mass is 310 g/mol. The van der Waals surface area contributed by atoms with Crippen molar-refractivity contribution in [2.24, 2.45) is 0 Å². The van der Waals surface area contributed by atoms with E-state index in [-0.39, 0.29) is 0 Å². The molecule has 2 aromatic heterocycles. The Morgan fingerprint density at radius 3 is 2.59 bits per heavy atom. The predicted octanol–water partition coefficient (Wildman–Crippen LogP) is 2.98. The smallest absolute Gasteiger partial charge is 0.131 e. The van der Waals surface area contributed by atoms with Crippen LogP contribution in [0.15, 0.2) is 29.0 Å². The Labute approximate surface area is 110 Å². The summed E-state index contributed by atoms with van der Waals surface area (Å²) in [5.41, 5.74) is 1.69. The highest BCUT2D eigenvalue weighted by atomic mass is 79.9. The first-order valence-corrected chi connectivity index (χ1v) is 9.96. The lowest BCUT2D eigenvalue weighted by Gasteiger charge is -2.14. The summed E-state index contributed by atoms with van der Waals surface area (Å²) in [5, 5.41) is 8.31. The molecule has 0 spiro atoms. The van der Waals surface area contributed by atoms with Gasteiger partial charge in [-0.25, -0.2) is 0 Å². The van der Waals surface area contributed by atoms with Crippen LogP contribution in [-0.4, -0.2) is 28.1 Å². The second-order valence-corrected chi connectivity index (χ2v) is 11.6. The lowest BCUT2D eigenvalue weighted by atomic mass is 10.3. The van der Waals surface area contributed by atoms with Crippen LogP contribution >= 0.6 is 15.9 Å². The second-order valence-electron chi connectivity index (χ2n) is 5.22. The maximum atomic E-state index is 4.31. The average Bonchev–Trinajstić information content (AvgIpc) is 2.64. The third-order valence-electron chi connectivity index (χ3n) is 2.16. The van der Waals surface area contributed by atoms with Crippen LogP contribution in [0.25, 0.3) is 11.4 Å². The van der Waals surface area contributed by atoms with Gasteiger partial charge in [0.05, 0.1) is 20.0 Å². The van der Waals surface area contributed by atoms with E-state index >= 15 is 0 Å². The van der Waals surface area contributed by atoms with E-state index in [0.29, 0.717) is 0 Å². The van der Waals surface area contributed by atoms with Crippen LogP contribution in [-0.2, 0) is 6.17 Å². The number of pyridine rings is 1. The van der Waals surface area contributed by atoms with Crippen molar-refractivity contribution in [3.8, 4) is 11.4 Å². The highest BCUT2D eigenvalue weighted by Gasteiger charge is 2.15. The number of halogens is 1. The maximum Gasteiger partial charge on any atom is 0.131 e. The molecule has 0 fully saturated rings. The molecule has 0 aromatic carbocycles. The zero-order valence-electron chi connectivity index (χ0n) is 10.2. The van der Waals surface area contributed by atoms with Crippen LogP contribution in [0.3, 0.4) is 0 Å². The zero-order chi connectivity index (χ0) is 12.5. The molecule has 2 rings (SSSR count). The number of rotatable bonds is 3. The highest BCUT2D eigenvalue weighted by molar-refractivity contribution is 9.10. The van der Waals surface area contributed by atoms with Crippen molar-refractivity contribution in [1.82, 2.24) is 20.0 Å². The van der Waals surface area contributed by atoms with Crippen molar-refractivity contribution < 1.29 is 0 Å². The summed E-state index contributed by atoms with van der Waals surface area (Å²) in [6.07, 6.45) is 4.72. The van der Waals surface area contributed by atoms with Crippen LogP contribution in [0.2, 0.25) is 19.6 Å². The highest BCUT2D eigenvalue weighted by Crippen LogP contribution is 2.16. The van der Waals surface area contributed by atoms with Gasteiger partial charge < -0.3 is 0 Å². The summed E-state index contributed by atoms with van der Waals surface area (Å²) in [6, 6.07) is 3.90. The number of nitrogens with zero attached hydrogens (tertiary/aromatic N) is 4. The molecule has 0 radical (unpaired) electrons. The largest absolute Gasteiger partial charge is 0.255 e. The maximum absolute atomic E-state index is 4.31. The second kappa shape index (κ2) is 4.70.